The highest BCUT2D eigenvalue weighted by molar-refractivity contribution is 6.39. The zero-order valence-corrected chi connectivity index (χ0v) is 12.2. The van der Waals surface area contributed by atoms with Gasteiger partial charge < -0.3 is 10.1 Å². The molecule has 1 aromatic heterocycles. The first-order chi connectivity index (χ1) is 9.61. The zero-order valence-electron chi connectivity index (χ0n) is 10.7. The van der Waals surface area contributed by atoms with Crippen LogP contribution in [0.15, 0.2) is 36.5 Å². The summed E-state index contributed by atoms with van der Waals surface area (Å²) < 4.78 is 4.61. The van der Waals surface area contributed by atoms with Gasteiger partial charge in [-0.1, -0.05) is 29.3 Å². The number of benzene rings is 1. The van der Waals surface area contributed by atoms with Crippen LogP contribution in [0.5, 0.6) is 0 Å². The van der Waals surface area contributed by atoms with E-state index in [1.54, 1.807) is 30.3 Å². The molecule has 0 aliphatic rings. The second-order valence-corrected chi connectivity index (χ2v) is 4.79. The van der Waals surface area contributed by atoms with E-state index in [1.807, 2.05) is 0 Å². The van der Waals surface area contributed by atoms with E-state index in [2.05, 4.69) is 15.0 Å². The molecule has 0 unspecified atom stereocenters. The average Bonchev–Trinajstić information content (AvgIpc) is 2.46. The molecule has 104 valence electrons. The summed E-state index contributed by atoms with van der Waals surface area (Å²) in [4.78, 5) is 15.5. The minimum atomic E-state index is -0.411. The van der Waals surface area contributed by atoms with Gasteiger partial charge in [-0.25, -0.2) is 4.79 Å². The summed E-state index contributed by atoms with van der Waals surface area (Å²) in [5.41, 5.74) is 1.83. The first-order valence-corrected chi connectivity index (χ1v) is 6.58. The number of esters is 1. The molecule has 1 N–H and O–H groups in total. The van der Waals surface area contributed by atoms with Gasteiger partial charge in [0.2, 0.25) is 0 Å². The van der Waals surface area contributed by atoms with Crippen molar-refractivity contribution < 1.29 is 9.53 Å². The quantitative estimate of drug-likeness (QED) is 0.873. The molecule has 1 heterocycles. The number of hydrogen-bond donors (Lipinski definition) is 1. The van der Waals surface area contributed by atoms with Gasteiger partial charge in [-0.05, 0) is 24.3 Å². The van der Waals surface area contributed by atoms with Gasteiger partial charge in [-0.15, -0.1) is 0 Å². The smallest absolute Gasteiger partial charge is 0.339 e. The first-order valence-electron chi connectivity index (χ1n) is 5.83. The van der Waals surface area contributed by atoms with Crippen molar-refractivity contribution in [1.82, 2.24) is 4.98 Å². The SMILES string of the molecule is COC(=O)c1ccc(CNc2c(Cl)cccc2Cl)nc1. The number of hydrogen-bond acceptors (Lipinski definition) is 4. The third-order valence-electron chi connectivity index (χ3n) is 2.65. The molecule has 0 fully saturated rings. The van der Waals surface area contributed by atoms with Gasteiger partial charge in [-0.3, -0.25) is 4.98 Å². The fourth-order valence-corrected chi connectivity index (χ4v) is 2.14. The van der Waals surface area contributed by atoms with Crippen LogP contribution in [0.25, 0.3) is 0 Å². The van der Waals surface area contributed by atoms with Crippen LogP contribution in [0.3, 0.4) is 0 Å². The lowest BCUT2D eigenvalue weighted by Crippen LogP contribution is -2.05. The standard InChI is InChI=1S/C14H12Cl2N2O2/c1-20-14(19)9-5-6-10(17-7-9)8-18-13-11(15)3-2-4-12(13)16/h2-7,18H,8H2,1H3. The lowest BCUT2D eigenvalue weighted by molar-refractivity contribution is 0.0600. The van der Waals surface area contributed by atoms with Gasteiger partial charge in [0.05, 0.1) is 40.6 Å². The summed E-state index contributed by atoms with van der Waals surface area (Å²) in [5.74, 6) is -0.411. The number of halogens is 2. The van der Waals surface area contributed by atoms with E-state index in [0.29, 0.717) is 27.8 Å². The van der Waals surface area contributed by atoms with Crippen molar-refractivity contribution in [2.24, 2.45) is 0 Å². The third-order valence-corrected chi connectivity index (χ3v) is 3.28. The monoisotopic (exact) mass is 310 g/mol. The summed E-state index contributed by atoms with van der Waals surface area (Å²) in [5, 5.41) is 4.21. The number of methoxy groups -OCH3 is 1. The van der Waals surface area contributed by atoms with Crippen LogP contribution in [0, 0.1) is 0 Å². The summed E-state index contributed by atoms with van der Waals surface area (Å²) in [6.45, 7) is 0.449. The molecule has 0 bridgehead atoms. The first kappa shape index (κ1) is 14.6. The van der Waals surface area contributed by atoms with E-state index >= 15 is 0 Å². The molecule has 0 radical (unpaired) electrons. The predicted molar refractivity (Wildman–Crippen MR) is 79.4 cm³/mol. The highest BCUT2D eigenvalue weighted by Gasteiger charge is 2.07. The number of ether oxygens (including phenoxy) is 1. The molecular weight excluding hydrogens is 299 g/mol. The van der Waals surface area contributed by atoms with Crippen molar-refractivity contribution in [3.05, 3.63) is 57.8 Å². The maximum Gasteiger partial charge on any atom is 0.339 e. The molecule has 0 atom stereocenters. The zero-order chi connectivity index (χ0) is 14.5. The third kappa shape index (κ3) is 3.40. The Morgan fingerprint density at radius 2 is 1.95 bits per heavy atom. The molecule has 0 saturated carbocycles. The number of nitrogens with one attached hydrogen (secondary N) is 1. The van der Waals surface area contributed by atoms with Gasteiger partial charge in [0.25, 0.3) is 0 Å². The molecule has 2 aromatic rings. The normalized spacial score (nSPS) is 10.2. The van der Waals surface area contributed by atoms with Crippen molar-refractivity contribution in [3.8, 4) is 0 Å². The lowest BCUT2D eigenvalue weighted by atomic mass is 10.2. The van der Waals surface area contributed by atoms with Crippen molar-refractivity contribution in [3.63, 3.8) is 0 Å². The summed E-state index contributed by atoms with van der Waals surface area (Å²) in [7, 11) is 1.33. The number of para-hydroxylation sites is 1. The topological polar surface area (TPSA) is 51.2 Å². The Balaban J connectivity index is 2.06. The second-order valence-electron chi connectivity index (χ2n) is 3.98. The predicted octanol–water partition coefficient (Wildman–Crippen LogP) is 3.79. The van der Waals surface area contributed by atoms with Gasteiger partial charge in [-0.2, -0.15) is 0 Å². The second kappa shape index (κ2) is 6.59. The van der Waals surface area contributed by atoms with E-state index in [9.17, 15) is 4.79 Å². The van der Waals surface area contributed by atoms with Crippen LogP contribution >= 0.6 is 23.2 Å². The van der Waals surface area contributed by atoms with Gasteiger partial charge in [0, 0.05) is 6.20 Å². The molecule has 0 amide bonds. The van der Waals surface area contributed by atoms with Crippen LogP contribution in [0.2, 0.25) is 10.0 Å². The van der Waals surface area contributed by atoms with Crippen LogP contribution in [-0.4, -0.2) is 18.1 Å². The highest BCUT2D eigenvalue weighted by Crippen LogP contribution is 2.29. The molecule has 0 aliphatic carbocycles. The molecule has 6 heteroatoms. The van der Waals surface area contributed by atoms with E-state index in [4.69, 9.17) is 23.2 Å². The van der Waals surface area contributed by atoms with Crippen LogP contribution < -0.4 is 5.32 Å². The van der Waals surface area contributed by atoms with Crippen LogP contribution in [-0.2, 0) is 11.3 Å². The Morgan fingerprint density at radius 3 is 2.50 bits per heavy atom. The van der Waals surface area contributed by atoms with Crippen LogP contribution in [0.1, 0.15) is 16.1 Å². The minimum Gasteiger partial charge on any atom is -0.465 e. The van der Waals surface area contributed by atoms with E-state index in [-0.39, 0.29) is 0 Å². The molecule has 4 nitrogen and oxygen atoms in total. The number of carbonyl (C=O) groups is 1. The van der Waals surface area contributed by atoms with Crippen molar-refractivity contribution in [1.29, 1.82) is 0 Å². The Hall–Kier alpha value is -1.78. The number of nitrogens with zero attached hydrogens (tertiary/aromatic N) is 1. The molecule has 0 aliphatic heterocycles. The Kier molecular flexibility index (Phi) is 4.82. The van der Waals surface area contributed by atoms with Crippen LogP contribution in [0.4, 0.5) is 5.69 Å². The summed E-state index contributed by atoms with van der Waals surface area (Å²) in [6, 6.07) is 8.68. The van der Waals surface area contributed by atoms with Gasteiger partial charge >= 0.3 is 5.97 Å². The van der Waals surface area contributed by atoms with Gasteiger partial charge in [0.1, 0.15) is 0 Å². The lowest BCUT2D eigenvalue weighted by Gasteiger charge is -2.10. The maximum atomic E-state index is 11.3. The molecule has 0 saturated heterocycles. The molecule has 1 aromatic carbocycles. The van der Waals surface area contributed by atoms with Crippen molar-refractivity contribution >= 4 is 34.9 Å². The largest absolute Gasteiger partial charge is 0.465 e. The Morgan fingerprint density at radius 1 is 1.25 bits per heavy atom. The highest BCUT2D eigenvalue weighted by atomic mass is 35.5. The van der Waals surface area contributed by atoms with Crippen molar-refractivity contribution in [2.45, 2.75) is 6.54 Å². The Bertz CT molecular complexity index is 595. The number of rotatable bonds is 4. The van der Waals surface area contributed by atoms with E-state index in [0.717, 1.165) is 5.69 Å². The van der Waals surface area contributed by atoms with E-state index in [1.165, 1.54) is 13.3 Å². The summed E-state index contributed by atoms with van der Waals surface area (Å²) >= 11 is 12.1. The van der Waals surface area contributed by atoms with Gasteiger partial charge in [0.15, 0.2) is 0 Å². The fourth-order valence-electron chi connectivity index (χ4n) is 1.61. The average molecular weight is 311 g/mol. The maximum absolute atomic E-state index is 11.3. The molecule has 2 rings (SSSR count). The number of anilines is 1. The van der Waals surface area contributed by atoms with Crippen molar-refractivity contribution in [2.75, 3.05) is 12.4 Å². The molecule has 0 spiro atoms. The van der Waals surface area contributed by atoms with E-state index < -0.39 is 5.97 Å². The summed E-state index contributed by atoms with van der Waals surface area (Å²) in [6.07, 6.45) is 1.47. The molecule has 20 heavy (non-hydrogen) atoms. The molecular formula is C14H12Cl2N2O2. The number of carbonyl (C=O) groups excluding carboxylic acids is 1. The number of pyridine rings is 1. The number of aromatic nitrogens is 1. The minimum absolute atomic E-state index is 0.409. The Labute approximate surface area is 126 Å². The fraction of sp³-hybridized carbons (Fsp3) is 0.143.